The van der Waals surface area contributed by atoms with E-state index in [0.717, 1.165) is 12.1 Å². The minimum Gasteiger partial charge on any atom is -0.266 e. The Bertz CT molecular complexity index is 1150. The lowest BCUT2D eigenvalue weighted by Crippen LogP contribution is -2.35. The van der Waals surface area contributed by atoms with Gasteiger partial charge in [-0.2, -0.15) is 0 Å². The predicted molar refractivity (Wildman–Crippen MR) is 105 cm³/mol. The Morgan fingerprint density at radius 1 is 1.11 bits per heavy atom. The van der Waals surface area contributed by atoms with Crippen LogP contribution in [0.4, 0.5) is 8.78 Å². The van der Waals surface area contributed by atoms with Crippen LogP contribution in [0.5, 0.6) is 0 Å². The van der Waals surface area contributed by atoms with E-state index in [2.05, 4.69) is 20.9 Å². The van der Waals surface area contributed by atoms with Crippen LogP contribution in [0.2, 0.25) is 0 Å². The van der Waals surface area contributed by atoms with Gasteiger partial charge in [0.15, 0.2) is 0 Å². The summed E-state index contributed by atoms with van der Waals surface area (Å²) in [6.07, 6.45) is 2.51. The molecule has 0 aliphatic carbocycles. The van der Waals surface area contributed by atoms with Crippen molar-refractivity contribution in [2.75, 3.05) is 0 Å². The van der Waals surface area contributed by atoms with Crippen molar-refractivity contribution in [3.8, 4) is 0 Å². The molecule has 0 saturated carbocycles. The van der Waals surface area contributed by atoms with Crippen LogP contribution in [-0.4, -0.2) is 20.0 Å². The number of hydrogen-bond acceptors (Lipinski definition) is 4. The van der Waals surface area contributed by atoms with Gasteiger partial charge < -0.3 is 0 Å². The molecule has 144 valence electrons. The topological polar surface area (TPSA) is 75.6 Å². The summed E-state index contributed by atoms with van der Waals surface area (Å²) >= 11 is 3.12. The number of aliphatic imine (C=N–C) groups is 1. The number of carbonyl (C=O) groups is 1. The van der Waals surface area contributed by atoms with Crippen molar-refractivity contribution in [1.29, 1.82) is 0 Å². The lowest BCUT2D eigenvalue weighted by Gasteiger charge is -2.07. The first-order chi connectivity index (χ1) is 13.2. The Balaban J connectivity index is 1.89. The van der Waals surface area contributed by atoms with Crippen LogP contribution in [0.25, 0.3) is 6.08 Å². The summed E-state index contributed by atoms with van der Waals surface area (Å²) in [4.78, 5) is 16.3. The van der Waals surface area contributed by atoms with Gasteiger partial charge in [0.1, 0.15) is 22.2 Å². The van der Waals surface area contributed by atoms with Gasteiger partial charge >= 0.3 is 0 Å². The molecule has 0 unspecified atom stereocenters. The third-order valence-corrected chi connectivity index (χ3v) is 6.21. The van der Waals surface area contributed by atoms with Crippen molar-refractivity contribution in [2.24, 2.45) is 4.99 Å². The Kier molecular flexibility index (Phi) is 5.57. The second kappa shape index (κ2) is 7.76. The average Bonchev–Trinajstić information content (AvgIpc) is 2.99. The van der Waals surface area contributed by atoms with Crippen molar-refractivity contribution < 1.29 is 22.0 Å². The maximum atomic E-state index is 13.8. The molecule has 0 spiro atoms. The van der Waals surface area contributed by atoms with Crippen LogP contribution < -0.4 is 4.72 Å². The minimum atomic E-state index is -4.13. The third kappa shape index (κ3) is 4.10. The van der Waals surface area contributed by atoms with E-state index in [0.29, 0.717) is 10.0 Å². The van der Waals surface area contributed by atoms with Crippen molar-refractivity contribution in [2.45, 2.75) is 11.8 Å². The molecular weight excluding hydrogens is 454 g/mol. The number of benzene rings is 2. The number of nitrogens with one attached hydrogen (secondary N) is 1. The minimum absolute atomic E-state index is 0.105. The molecule has 1 N–H and O–H groups in total. The summed E-state index contributed by atoms with van der Waals surface area (Å²) in [5, 5.41) is 0. The number of allylic oxidation sites excluding steroid dienone is 1. The molecule has 0 atom stereocenters. The van der Waals surface area contributed by atoms with Crippen LogP contribution in [0.15, 0.2) is 74.2 Å². The molecule has 0 aromatic heterocycles. The van der Waals surface area contributed by atoms with Crippen LogP contribution in [0.1, 0.15) is 12.5 Å². The van der Waals surface area contributed by atoms with Crippen molar-refractivity contribution in [3.05, 3.63) is 81.5 Å². The van der Waals surface area contributed by atoms with E-state index in [1.807, 2.05) is 4.72 Å². The average molecular weight is 467 g/mol. The largest absolute Gasteiger partial charge is 0.283 e. The standard InChI is InChI=1S/C19H13BrF2N2O3S/c1-11-9-17(23-16(11)10-12-14(21)6-4-7-15(12)22)19(25)24-28(26,27)18-8-3-2-5-13(18)20/h2-10H,1H3,(H,24,25)/b16-10+. The summed E-state index contributed by atoms with van der Waals surface area (Å²) in [6, 6.07) is 9.46. The van der Waals surface area contributed by atoms with E-state index in [4.69, 9.17) is 0 Å². The fourth-order valence-electron chi connectivity index (χ4n) is 2.47. The first-order valence-corrected chi connectivity index (χ1v) is 10.2. The van der Waals surface area contributed by atoms with E-state index in [9.17, 15) is 22.0 Å². The van der Waals surface area contributed by atoms with Gasteiger partial charge in [-0.25, -0.2) is 26.9 Å². The fourth-order valence-corrected chi connectivity index (χ4v) is 4.43. The quantitative estimate of drug-likeness (QED) is 0.740. The molecule has 0 bridgehead atoms. The van der Waals surface area contributed by atoms with Crippen LogP contribution in [-0.2, 0) is 14.8 Å². The molecular formula is C19H13BrF2N2O3S. The van der Waals surface area contributed by atoms with Gasteiger partial charge in [0, 0.05) is 10.0 Å². The van der Waals surface area contributed by atoms with Crippen molar-refractivity contribution in [1.82, 2.24) is 4.72 Å². The van der Waals surface area contributed by atoms with E-state index < -0.39 is 27.6 Å². The molecule has 5 nitrogen and oxygen atoms in total. The maximum Gasteiger partial charge on any atom is 0.283 e. The Morgan fingerprint density at radius 2 is 1.75 bits per heavy atom. The number of amides is 1. The zero-order valence-corrected chi connectivity index (χ0v) is 16.8. The zero-order valence-electron chi connectivity index (χ0n) is 14.4. The van der Waals surface area contributed by atoms with E-state index in [1.165, 1.54) is 36.4 Å². The molecule has 28 heavy (non-hydrogen) atoms. The second-order valence-corrected chi connectivity index (χ2v) is 8.36. The summed E-state index contributed by atoms with van der Waals surface area (Å²) in [6.45, 7) is 1.59. The van der Waals surface area contributed by atoms with Crippen LogP contribution in [0.3, 0.4) is 0 Å². The highest BCUT2D eigenvalue weighted by molar-refractivity contribution is 9.10. The van der Waals surface area contributed by atoms with E-state index in [-0.39, 0.29) is 21.9 Å². The number of hydrogen-bond donors (Lipinski definition) is 1. The van der Waals surface area contributed by atoms with Gasteiger partial charge in [-0.1, -0.05) is 18.2 Å². The Labute approximate surface area is 168 Å². The monoisotopic (exact) mass is 466 g/mol. The number of nitrogens with zero attached hydrogens (tertiary/aromatic N) is 1. The molecule has 0 saturated heterocycles. The Morgan fingerprint density at radius 3 is 2.39 bits per heavy atom. The van der Waals surface area contributed by atoms with Gasteiger partial charge in [0.05, 0.1) is 5.70 Å². The first-order valence-electron chi connectivity index (χ1n) is 7.94. The smallest absolute Gasteiger partial charge is 0.266 e. The molecule has 2 aromatic rings. The summed E-state index contributed by atoms with van der Waals surface area (Å²) in [5.41, 5.74) is 0.145. The zero-order chi connectivity index (χ0) is 20.5. The molecule has 0 fully saturated rings. The number of halogens is 3. The number of rotatable bonds is 4. The second-order valence-electron chi connectivity index (χ2n) is 5.85. The van der Waals surface area contributed by atoms with Crippen molar-refractivity contribution in [3.63, 3.8) is 0 Å². The van der Waals surface area contributed by atoms with E-state index in [1.54, 1.807) is 13.0 Å². The molecule has 1 aliphatic heterocycles. The maximum absolute atomic E-state index is 13.8. The fraction of sp³-hybridized carbons (Fsp3) is 0.0526. The molecule has 0 radical (unpaired) electrons. The lowest BCUT2D eigenvalue weighted by atomic mass is 10.1. The van der Waals surface area contributed by atoms with Gasteiger partial charge in [-0.3, -0.25) is 4.79 Å². The number of sulfonamides is 1. The highest BCUT2D eigenvalue weighted by Crippen LogP contribution is 2.25. The molecule has 9 heteroatoms. The normalized spacial score (nSPS) is 15.4. The molecule has 2 aromatic carbocycles. The molecule has 1 heterocycles. The van der Waals surface area contributed by atoms with Crippen molar-refractivity contribution >= 4 is 43.6 Å². The third-order valence-electron chi connectivity index (χ3n) is 3.86. The Hall–Kier alpha value is -2.65. The summed E-state index contributed by atoms with van der Waals surface area (Å²) < 4.78 is 54.7. The van der Waals surface area contributed by atoms with Crippen LogP contribution >= 0.6 is 15.9 Å². The van der Waals surface area contributed by atoms with Gasteiger partial charge in [-0.15, -0.1) is 0 Å². The van der Waals surface area contributed by atoms with E-state index >= 15 is 0 Å². The first kappa shape index (κ1) is 20.1. The number of carbonyl (C=O) groups excluding carboxylic acids is 1. The lowest BCUT2D eigenvalue weighted by molar-refractivity contribution is -0.113. The van der Waals surface area contributed by atoms with Gasteiger partial charge in [0.2, 0.25) is 0 Å². The highest BCUT2D eigenvalue weighted by Gasteiger charge is 2.25. The predicted octanol–water partition coefficient (Wildman–Crippen LogP) is 3.97. The SMILES string of the molecule is CC1=CC(C(=O)NS(=O)(=O)c2ccccc2Br)=N/C1=C/c1c(F)cccc1F. The highest BCUT2D eigenvalue weighted by atomic mass is 79.9. The molecule has 1 amide bonds. The summed E-state index contributed by atoms with van der Waals surface area (Å²) in [5.74, 6) is -2.50. The van der Waals surface area contributed by atoms with Gasteiger partial charge in [0.25, 0.3) is 15.9 Å². The van der Waals surface area contributed by atoms with Gasteiger partial charge in [-0.05, 0) is 64.8 Å². The summed E-state index contributed by atoms with van der Waals surface area (Å²) in [7, 11) is -4.13. The van der Waals surface area contributed by atoms with Crippen LogP contribution in [0, 0.1) is 11.6 Å². The molecule has 1 aliphatic rings. The molecule has 3 rings (SSSR count).